The van der Waals surface area contributed by atoms with Crippen LogP contribution < -0.4 is 5.32 Å². The first-order chi connectivity index (χ1) is 7.77. The molecule has 1 N–H and O–H groups in total. The highest BCUT2D eigenvalue weighted by Crippen LogP contribution is 2.26. The van der Waals surface area contributed by atoms with Gasteiger partial charge in [0, 0.05) is 17.8 Å². The van der Waals surface area contributed by atoms with Gasteiger partial charge >= 0.3 is 0 Å². The van der Waals surface area contributed by atoms with Crippen molar-refractivity contribution in [3.05, 3.63) is 36.2 Å². The van der Waals surface area contributed by atoms with Crippen molar-refractivity contribution in [1.29, 1.82) is 0 Å². The minimum absolute atomic E-state index is 0.380. The van der Waals surface area contributed by atoms with Gasteiger partial charge in [0.2, 0.25) is 0 Å². The molecule has 0 spiro atoms. The Hall–Kier alpha value is -1.35. The van der Waals surface area contributed by atoms with Gasteiger partial charge in [0.05, 0.1) is 11.7 Å². The number of fused-ring (bicyclic) bond motifs is 1. The summed E-state index contributed by atoms with van der Waals surface area (Å²) in [5.74, 6) is 0.609. The zero-order valence-corrected chi connectivity index (χ0v) is 10.1. The summed E-state index contributed by atoms with van der Waals surface area (Å²) >= 11 is 0. The number of hydrogen-bond donors (Lipinski definition) is 1. The van der Waals surface area contributed by atoms with Crippen molar-refractivity contribution in [3.8, 4) is 0 Å². The van der Waals surface area contributed by atoms with Gasteiger partial charge in [-0.1, -0.05) is 26.3 Å². The van der Waals surface area contributed by atoms with E-state index >= 15 is 0 Å². The molecule has 0 bridgehead atoms. The minimum Gasteiger partial charge on any atom is -0.313 e. The Balaban J connectivity index is 2.45. The van der Waals surface area contributed by atoms with Gasteiger partial charge in [0.15, 0.2) is 0 Å². The van der Waals surface area contributed by atoms with E-state index in [-0.39, 0.29) is 0 Å². The SMILES string of the molecule is CCC(C)C(NC)c1cnn2ccccc12. The summed E-state index contributed by atoms with van der Waals surface area (Å²) in [6, 6.07) is 6.56. The fourth-order valence-corrected chi connectivity index (χ4v) is 2.18. The molecule has 0 fully saturated rings. The Kier molecular flexibility index (Phi) is 3.25. The Morgan fingerprint density at radius 1 is 1.44 bits per heavy atom. The highest BCUT2D eigenvalue weighted by Gasteiger charge is 2.19. The van der Waals surface area contributed by atoms with Crippen LogP contribution in [0, 0.1) is 5.92 Å². The first-order valence-electron chi connectivity index (χ1n) is 5.87. The molecule has 16 heavy (non-hydrogen) atoms. The van der Waals surface area contributed by atoms with Crippen molar-refractivity contribution in [3.63, 3.8) is 0 Å². The standard InChI is InChI=1S/C13H19N3/c1-4-10(2)13(14-3)11-9-15-16-8-6-5-7-12(11)16/h5-10,13-14H,4H2,1-3H3. The van der Waals surface area contributed by atoms with Crippen LogP contribution in [-0.4, -0.2) is 16.7 Å². The van der Waals surface area contributed by atoms with E-state index < -0.39 is 0 Å². The van der Waals surface area contributed by atoms with Crippen molar-refractivity contribution < 1.29 is 0 Å². The lowest BCUT2D eigenvalue weighted by atomic mass is 9.93. The van der Waals surface area contributed by atoms with E-state index in [1.54, 1.807) is 0 Å². The molecule has 0 aliphatic carbocycles. The maximum Gasteiger partial charge on any atom is 0.0709 e. The molecule has 3 heteroatoms. The van der Waals surface area contributed by atoms with Crippen molar-refractivity contribution in [2.24, 2.45) is 5.92 Å². The van der Waals surface area contributed by atoms with Crippen molar-refractivity contribution >= 4 is 5.52 Å². The smallest absolute Gasteiger partial charge is 0.0709 e. The largest absolute Gasteiger partial charge is 0.313 e. The third kappa shape index (κ3) is 1.83. The van der Waals surface area contributed by atoms with Crippen LogP contribution in [0.4, 0.5) is 0 Å². The number of pyridine rings is 1. The molecular formula is C13H19N3. The Morgan fingerprint density at radius 2 is 2.25 bits per heavy atom. The van der Waals surface area contributed by atoms with Crippen LogP contribution in [0.1, 0.15) is 31.9 Å². The fraction of sp³-hybridized carbons (Fsp3) is 0.462. The van der Waals surface area contributed by atoms with Crippen LogP contribution in [-0.2, 0) is 0 Å². The van der Waals surface area contributed by atoms with Gasteiger partial charge in [-0.3, -0.25) is 0 Å². The third-order valence-corrected chi connectivity index (χ3v) is 3.32. The van der Waals surface area contributed by atoms with E-state index in [1.807, 2.05) is 30.0 Å². The van der Waals surface area contributed by atoms with Crippen LogP contribution in [0.2, 0.25) is 0 Å². The lowest BCUT2D eigenvalue weighted by Gasteiger charge is -2.21. The summed E-state index contributed by atoms with van der Waals surface area (Å²) in [6.07, 6.45) is 5.13. The molecule has 2 aromatic rings. The van der Waals surface area contributed by atoms with E-state index in [4.69, 9.17) is 0 Å². The second kappa shape index (κ2) is 4.66. The quantitative estimate of drug-likeness (QED) is 0.853. The zero-order valence-electron chi connectivity index (χ0n) is 10.1. The van der Waals surface area contributed by atoms with Crippen molar-refractivity contribution in [2.45, 2.75) is 26.3 Å². The third-order valence-electron chi connectivity index (χ3n) is 3.32. The Morgan fingerprint density at radius 3 is 2.94 bits per heavy atom. The van der Waals surface area contributed by atoms with E-state index in [1.165, 1.54) is 11.1 Å². The van der Waals surface area contributed by atoms with Gasteiger partial charge in [-0.2, -0.15) is 5.10 Å². The van der Waals surface area contributed by atoms with Crippen molar-refractivity contribution in [1.82, 2.24) is 14.9 Å². The summed E-state index contributed by atoms with van der Waals surface area (Å²) in [4.78, 5) is 0. The molecule has 2 unspecified atom stereocenters. The molecule has 0 aromatic carbocycles. The molecule has 0 amide bonds. The van der Waals surface area contributed by atoms with Gasteiger partial charge < -0.3 is 5.32 Å². The lowest BCUT2D eigenvalue weighted by molar-refractivity contribution is 0.402. The highest BCUT2D eigenvalue weighted by molar-refractivity contribution is 5.54. The fourth-order valence-electron chi connectivity index (χ4n) is 2.18. The molecule has 0 saturated heterocycles. The maximum atomic E-state index is 4.38. The Bertz CT molecular complexity index is 461. The molecule has 2 rings (SSSR count). The van der Waals surface area contributed by atoms with Crippen LogP contribution in [0.25, 0.3) is 5.52 Å². The molecule has 0 aliphatic heterocycles. The first kappa shape index (κ1) is 11.1. The zero-order chi connectivity index (χ0) is 11.5. The van der Waals surface area contributed by atoms with Crippen LogP contribution >= 0.6 is 0 Å². The van der Waals surface area contributed by atoms with Gasteiger partial charge in [-0.25, -0.2) is 4.52 Å². The maximum absolute atomic E-state index is 4.38. The monoisotopic (exact) mass is 217 g/mol. The van der Waals surface area contributed by atoms with Crippen LogP contribution in [0.15, 0.2) is 30.6 Å². The predicted molar refractivity (Wildman–Crippen MR) is 66.4 cm³/mol. The molecule has 0 saturated carbocycles. The lowest BCUT2D eigenvalue weighted by Crippen LogP contribution is -2.22. The highest BCUT2D eigenvalue weighted by atomic mass is 15.2. The summed E-state index contributed by atoms with van der Waals surface area (Å²) in [5, 5.41) is 7.77. The van der Waals surface area contributed by atoms with Gasteiger partial charge in [-0.15, -0.1) is 0 Å². The van der Waals surface area contributed by atoms with Gasteiger partial charge in [0.25, 0.3) is 0 Å². The number of rotatable bonds is 4. The molecule has 3 nitrogen and oxygen atoms in total. The topological polar surface area (TPSA) is 29.3 Å². The average molecular weight is 217 g/mol. The number of nitrogens with one attached hydrogen (secondary N) is 1. The Labute approximate surface area is 96.5 Å². The summed E-state index contributed by atoms with van der Waals surface area (Å²) in [5.41, 5.74) is 2.49. The molecule has 86 valence electrons. The van der Waals surface area contributed by atoms with E-state index in [0.29, 0.717) is 12.0 Å². The van der Waals surface area contributed by atoms with Crippen LogP contribution in [0.5, 0.6) is 0 Å². The normalized spacial score (nSPS) is 15.2. The molecule has 0 radical (unpaired) electrons. The second-order valence-corrected chi connectivity index (χ2v) is 4.28. The van der Waals surface area contributed by atoms with Gasteiger partial charge in [0.1, 0.15) is 0 Å². The number of hydrogen-bond acceptors (Lipinski definition) is 2. The molecule has 2 atom stereocenters. The predicted octanol–water partition coefficient (Wildman–Crippen LogP) is 2.64. The van der Waals surface area contributed by atoms with E-state index in [9.17, 15) is 0 Å². The summed E-state index contributed by atoms with van der Waals surface area (Å²) in [7, 11) is 2.02. The number of nitrogens with zero attached hydrogens (tertiary/aromatic N) is 2. The minimum atomic E-state index is 0.380. The van der Waals surface area contributed by atoms with E-state index in [2.05, 4.69) is 36.4 Å². The molecule has 2 aromatic heterocycles. The van der Waals surface area contributed by atoms with Crippen molar-refractivity contribution in [2.75, 3.05) is 7.05 Å². The number of aromatic nitrogens is 2. The molecule has 0 aliphatic rings. The first-order valence-corrected chi connectivity index (χ1v) is 5.87. The summed E-state index contributed by atoms with van der Waals surface area (Å²) < 4.78 is 1.93. The second-order valence-electron chi connectivity index (χ2n) is 4.28. The van der Waals surface area contributed by atoms with E-state index in [0.717, 1.165) is 6.42 Å². The van der Waals surface area contributed by atoms with Crippen LogP contribution in [0.3, 0.4) is 0 Å². The average Bonchev–Trinajstić information content (AvgIpc) is 2.74. The molecular weight excluding hydrogens is 198 g/mol. The summed E-state index contributed by atoms with van der Waals surface area (Å²) in [6.45, 7) is 4.49. The van der Waals surface area contributed by atoms with Gasteiger partial charge in [-0.05, 0) is 25.1 Å². The molecule has 2 heterocycles.